The van der Waals surface area contributed by atoms with Gasteiger partial charge in [-0.1, -0.05) is 47.6 Å². The van der Waals surface area contributed by atoms with Crippen LogP contribution in [0.2, 0.25) is 0 Å². The smallest absolute Gasteiger partial charge is 0.321 e. The Hall–Kier alpha value is -3.22. The van der Waals surface area contributed by atoms with E-state index in [-0.39, 0.29) is 17.6 Å². The van der Waals surface area contributed by atoms with E-state index in [1.54, 1.807) is 17.0 Å². The number of rotatable bonds is 4. The van der Waals surface area contributed by atoms with Gasteiger partial charge < -0.3 is 14.7 Å². The number of benzene rings is 2. The summed E-state index contributed by atoms with van der Waals surface area (Å²) in [6, 6.07) is 15.7. The number of carbonyl (C=O) groups excluding carboxylic acids is 1. The Morgan fingerprint density at radius 1 is 1.15 bits per heavy atom. The highest BCUT2D eigenvalue weighted by atomic mass is 19.1. The molecular formula is C19H17FN4O2. The molecule has 1 fully saturated rings. The first-order chi connectivity index (χ1) is 12.7. The molecule has 0 bridgehead atoms. The molecule has 132 valence electrons. The van der Waals surface area contributed by atoms with Crippen LogP contribution in [0.1, 0.15) is 23.2 Å². The summed E-state index contributed by atoms with van der Waals surface area (Å²) in [4.78, 5) is 18.2. The molecule has 0 saturated carbocycles. The number of urea groups is 1. The standard InChI is InChI=1S/C19H17FN4O2/c20-15-8-4-5-9-16(15)21-19(25)24-11-14(12-24)18-22-17(23-26-18)10-13-6-2-1-3-7-13/h1-9,14H,10-12H2,(H,21,25). The van der Waals surface area contributed by atoms with E-state index in [2.05, 4.69) is 15.5 Å². The molecule has 26 heavy (non-hydrogen) atoms. The minimum Gasteiger partial charge on any atom is -0.339 e. The lowest BCUT2D eigenvalue weighted by atomic mass is 10.0. The zero-order chi connectivity index (χ0) is 17.9. The number of aromatic nitrogens is 2. The predicted octanol–water partition coefficient (Wildman–Crippen LogP) is 3.43. The van der Waals surface area contributed by atoms with Crippen LogP contribution < -0.4 is 5.32 Å². The maximum Gasteiger partial charge on any atom is 0.321 e. The van der Waals surface area contributed by atoms with Gasteiger partial charge in [-0.15, -0.1) is 0 Å². The van der Waals surface area contributed by atoms with Gasteiger partial charge in [-0.25, -0.2) is 9.18 Å². The number of nitrogens with zero attached hydrogens (tertiary/aromatic N) is 3. The zero-order valence-corrected chi connectivity index (χ0v) is 13.9. The SMILES string of the molecule is O=C(Nc1ccccc1F)N1CC(c2nc(Cc3ccccc3)no2)C1. The number of anilines is 1. The van der Waals surface area contributed by atoms with Crippen LogP contribution in [-0.2, 0) is 6.42 Å². The van der Waals surface area contributed by atoms with Gasteiger partial charge in [0.15, 0.2) is 5.82 Å². The highest BCUT2D eigenvalue weighted by Crippen LogP contribution is 2.27. The highest BCUT2D eigenvalue weighted by Gasteiger charge is 2.35. The summed E-state index contributed by atoms with van der Waals surface area (Å²) in [5, 5.41) is 6.58. The van der Waals surface area contributed by atoms with Crippen molar-refractivity contribution < 1.29 is 13.7 Å². The summed E-state index contributed by atoms with van der Waals surface area (Å²) in [5.74, 6) is 0.713. The van der Waals surface area contributed by atoms with E-state index in [1.165, 1.54) is 12.1 Å². The Morgan fingerprint density at radius 2 is 1.88 bits per heavy atom. The Bertz CT molecular complexity index is 907. The van der Waals surface area contributed by atoms with Crippen LogP contribution in [0.4, 0.5) is 14.9 Å². The third-order valence-electron chi connectivity index (χ3n) is 4.32. The van der Waals surface area contributed by atoms with Crippen LogP contribution in [0.25, 0.3) is 0 Å². The number of hydrogen-bond donors (Lipinski definition) is 1. The number of halogens is 1. The van der Waals surface area contributed by atoms with Crippen LogP contribution in [0.3, 0.4) is 0 Å². The fraction of sp³-hybridized carbons (Fsp3) is 0.211. The molecule has 2 heterocycles. The van der Waals surface area contributed by atoms with Gasteiger partial charge in [0.05, 0.1) is 11.6 Å². The van der Waals surface area contributed by atoms with Crippen LogP contribution in [0.5, 0.6) is 0 Å². The Balaban J connectivity index is 1.32. The number of para-hydroxylation sites is 1. The van der Waals surface area contributed by atoms with Crippen molar-refractivity contribution in [2.45, 2.75) is 12.3 Å². The molecule has 7 heteroatoms. The molecule has 3 aromatic rings. The molecule has 0 radical (unpaired) electrons. The molecule has 1 aliphatic rings. The van der Waals surface area contributed by atoms with Gasteiger partial charge in [0.1, 0.15) is 5.82 Å². The molecule has 1 N–H and O–H groups in total. The second-order valence-electron chi connectivity index (χ2n) is 6.22. The van der Waals surface area contributed by atoms with Gasteiger partial charge in [-0.2, -0.15) is 4.98 Å². The van der Waals surface area contributed by atoms with Gasteiger partial charge >= 0.3 is 6.03 Å². The lowest BCUT2D eigenvalue weighted by molar-refractivity contribution is 0.147. The van der Waals surface area contributed by atoms with Crippen molar-refractivity contribution in [3.05, 3.63) is 77.7 Å². The summed E-state index contributed by atoms with van der Waals surface area (Å²) < 4.78 is 18.9. The van der Waals surface area contributed by atoms with Gasteiger partial charge in [0.25, 0.3) is 0 Å². The van der Waals surface area contributed by atoms with Gasteiger partial charge in [-0.05, 0) is 17.7 Å². The molecule has 1 saturated heterocycles. The molecular weight excluding hydrogens is 335 g/mol. The third kappa shape index (κ3) is 3.42. The van der Waals surface area contributed by atoms with E-state index in [0.717, 1.165) is 5.56 Å². The normalized spacial score (nSPS) is 14.1. The Morgan fingerprint density at radius 3 is 2.65 bits per heavy atom. The van der Waals surface area contributed by atoms with E-state index in [4.69, 9.17) is 4.52 Å². The van der Waals surface area contributed by atoms with E-state index in [0.29, 0.717) is 31.2 Å². The van der Waals surface area contributed by atoms with E-state index >= 15 is 0 Å². The first-order valence-corrected chi connectivity index (χ1v) is 8.36. The van der Waals surface area contributed by atoms with Crippen LogP contribution in [0, 0.1) is 5.82 Å². The zero-order valence-electron chi connectivity index (χ0n) is 13.9. The van der Waals surface area contributed by atoms with Gasteiger partial charge in [0.2, 0.25) is 5.89 Å². The lowest BCUT2D eigenvalue weighted by Crippen LogP contribution is -2.50. The summed E-state index contributed by atoms with van der Waals surface area (Å²) >= 11 is 0. The first kappa shape index (κ1) is 16.3. The monoisotopic (exact) mass is 352 g/mol. The topological polar surface area (TPSA) is 71.3 Å². The van der Waals surface area contributed by atoms with Crippen molar-refractivity contribution in [2.24, 2.45) is 0 Å². The summed E-state index contributed by atoms with van der Waals surface area (Å²) in [6.07, 6.45) is 0.606. The van der Waals surface area contributed by atoms with Crippen molar-refractivity contribution >= 4 is 11.7 Å². The van der Waals surface area contributed by atoms with Crippen molar-refractivity contribution in [3.63, 3.8) is 0 Å². The van der Waals surface area contributed by atoms with Gasteiger partial charge in [-0.3, -0.25) is 0 Å². The molecule has 0 atom stereocenters. The molecule has 0 spiro atoms. The molecule has 1 aliphatic heterocycles. The number of amides is 2. The number of carbonyl (C=O) groups is 1. The first-order valence-electron chi connectivity index (χ1n) is 8.36. The number of likely N-dealkylation sites (tertiary alicyclic amines) is 1. The van der Waals surface area contributed by atoms with E-state index < -0.39 is 5.82 Å². The van der Waals surface area contributed by atoms with E-state index in [9.17, 15) is 9.18 Å². The van der Waals surface area contributed by atoms with Crippen molar-refractivity contribution in [1.82, 2.24) is 15.0 Å². The maximum atomic E-state index is 13.6. The van der Waals surface area contributed by atoms with Crippen LogP contribution >= 0.6 is 0 Å². The second-order valence-corrected chi connectivity index (χ2v) is 6.22. The number of nitrogens with one attached hydrogen (secondary N) is 1. The van der Waals surface area contributed by atoms with Gasteiger partial charge in [0, 0.05) is 19.5 Å². The van der Waals surface area contributed by atoms with Crippen LogP contribution in [-0.4, -0.2) is 34.2 Å². The molecule has 0 unspecified atom stereocenters. The molecule has 2 aromatic carbocycles. The highest BCUT2D eigenvalue weighted by molar-refractivity contribution is 5.90. The Kier molecular flexibility index (Phi) is 4.35. The second kappa shape index (κ2) is 6.95. The lowest BCUT2D eigenvalue weighted by Gasteiger charge is -2.36. The average molecular weight is 352 g/mol. The van der Waals surface area contributed by atoms with Crippen molar-refractivity contribution in [1.29, 1.82) is 0 Å². The minimum absolute atomic E-state index is 0.0124. The maximum absolute atomic E-state index is 13.6. The average Bonchev–Trinajstić information content (AvgIpc) is 3.04. The largest absolute Gasteiger partial charge is 0.339 e. The Labute approximate surface area is 149 Å². The fourth-order valence-corrected chi connectivity index (χ4v) is 2.84. The number of hydrogen-bond acceptors (Lipinski definition) is 4. The van der Waals surface area contributed by atoms with Crippen molar-refractivity contribution in [3.8, 4) is 0 Å². The molecule has 1 aromatic heterocycles. The summed E-state index contributed by atoms with van der Waals surface area (Å²) in [5.41, 5.74) is 1.28. The minimum atomic E-state index is -0.458. The molecule has 6 nitrogen and oxygen atoms in total. The fourth-order valence-electron chi connectivity index (χ4n) is 2.84. The quantitative estimate of drug-likeness (QED) is 0.781. The van der Waals surface area contributed by atoms with Crippen LogP contribution in [0.15, 0.2) is 59.1 Å². The predicted molar refractivity (Wildman–Crippen MR) is 93.3 cm³/mol. The van der Waals surface area contributed by atoms with Crippen molar-refractivity contribution in [2.75, 3.05) is 18.4 Å². The summed E-state index contributed by atoms with van der Waals surface area (Å²) in [7, 11) is 0. The molecule has 4 rings (SSSR count). The summed E-state index contributed by atoms with van der Waals surface area (Å²) in [6.45, 7) is 0.931. The molecule has 0 aliphatic carbocycles. The third-order valence-corrected chi connectivity index (χ3v) is 4.32. The molecule has 2 amide bonds. The van der Waals surface area contributed by atoms with E-state index in [1.807, 2.05) is 30.3 Å².